The summed E-state index contributed by atoms with van der Waals surface area (Å²) < 4.78 is 6.94. The highest BCUT2D eigenvalue weighted by atomic mass is 16.6. The molecule has 0 atom stereocenters. The molecule has 0 saturated heterocycles. The van der Waals surface area contributed by atoms with Gasteiger partial charge in [-0.1, -0.05) is 6.07 Å². The number of benzene rings is 1. The van der Waals surface area contributed by atoms with E-state index in [1.54, 1.807) is 24.5 Å². The van der Waals surface area contributed by atoms with Crippen LogP contribution in [-0.2, 0) is 6.54 Å². The Kier molecular flexibility index (Phi) is 5.41. The molecule has 9 nitrogen and oxygen atoms in total. The summed E-state index contributed by atoms with van der Waals surface area (Å²) in [6.07, 6.45) is 6.18. The third kappa shape index (κ3) is 4.09. The zero-order valence-electron chi connectivity index (χ0n) is 14.5. The van der Waals surface area contributed by atoms with Gasteiger partial charge in [-0.2, -0.15) is 0 Å². The number of carbonyl (C=O) groups excluding carboxylic acids is 1. The molecular weight excluding hydrogens is 350 g/mol. The van der Waals surface area contributed by atoms with Crippen molar-refractivity contribution in [2.75, 3.05) is 6.61 Å². The van der Waals surface area contributed by atoms with E-state index in [2.05, 4.69) is 15.3 Å². The lowest BCUT2D eigenvalue weighted by molar-refractivity contribution is -0.384. The molecule has 1 amide bonds. The van der Waals surface area contributed by atoms with Gasteiger partial charge in [-0.15, -0.1) is 0 Å². The summed E-state index contributed by atoms with van der Waals surface area (Å²) >= 11 is 0. The minimum atomic E-state index is -0.527. The lowest BCUT2D eigenvalue weighted by Crippen LogP contribution is -2.23. The van der Waals surface area contributed by atoms with Gasteiger partial charge >= 0.3 is 0 Å². The second-order valence-corrected chi connectivity index (χ2v) is 5.51. The van der Waals surface area contributed by atoms with E-state index >= 15 is 0 Å². The van der Waals surface area contributed by atoms with Crippen LogP contribution >= 0.6 is 0 Å². The van der Waals surface area contributed by atoms with E-state index in [1.807, 2.05) is 6.92 Å². The molecule has 0 aliphatic rings. The summed E-state index contributed by atoms with van der Waals surface area (Å²) in [7, 11) is 0. The number of aromatic nitrogens is 3. The standard InChI is InChI=1S/C18H17N5O4/c1-2-27-18-14(4-3-7-20-18)11-21-17(24)13-5-6-15(16(10-13)23(25)26)22-9-8-19-12-22/h3-10,12H,2,11H2,1H3,(H,21,24). The number of nitro groups is 1. The van der Waals surface area contributed by atoms with Gasteiger partial charge in [0.1, 0.15) is 5.69 Å². The van der Waals surface area contributed by atoms with Gasteiger partial charge in [-0.25, -0.2) is 9.97 Å². The van der Waals surface area contributed by atoms with E-state index in [9.17, 15) is 14.9 Å². The van der Waals surface area contributed by atoms with Crippen LogP contribution < -0.4 is 10.1 Å². The maximum absolute atomic E-state index is 12.4. The predicted octanol–water partition coefficient (Wildman–Crippen LogP) is 2.50. The fraction of sp³-hybridized carbons (Fsp3) is 0.167. The number of hydrogen-bond donors (Lipinski definition) is 1. The molecule has 1 aromatic carbocycles. The number of rotatable bonds is 7. The third-order valence-corrected chi connectivity index (χ3v) is 3.79. The van der Waals surface area contributed by atoms with Crippen LogP contribution in [0.25, 0.3) is 5.69 Å². The molecule has 0 spiro atoms. The van der Waals surface area contributed by atoms with Crippen molar-refractivity contribution in [1.29, 1.82) is 0 Å². The molecule has 1 N–H and O–H groups in total. The van der Waals surface area contributed by atoms with Gasteiger partial charge < -0.3 is 14.6 Å². The van der Waals surface area contributed by atoms with E-state index in [-0.39, 0.29) is 17.8 Å². The highest BCUT2D eigenvalue weighted by Gasteiger charge is 2.19. The number of nitro benzene ring substituents is 1. The Morgan fingerprint density at radius 2 is 2.19 bits per heavy atom. The molecule has 0 saturated carbocycles. The van der Waals surface area contributed by atoms with E-state index in [4.69, 9.17) is 4.74 Å². The van der Waals surface area contributed by atoms with Crippen molar-refractivity contribution in [1.82, 2.24) is 19.9 Å². The van der Waals surface area contributed by atoms with Crippen molar-refractivity contribution >= 4 is 11.6 Å². The number of pyridine rings is 1. The highest BCUT2D eigenvalue weighted by Crippen LogP contribution is 2.24. The molecule has 2 heterocycles. The molecule has 3 aromatic rings. The number of carbonyl (C=O) groups is 1. The number of nitrogens with one attached hydrogen (secondary N) is 1. The lowest BCUT2D eigenvalue weighted by atomic mass is 10.1. The molecule has 138 valence electrons. The zero-order chi connectivity index (χ0) is 19.2. The molecule has 0 fully saturated rings. The van der Waals surface area contributed by atoms with Gasteiger partial charge in [-0.05, 0) is 25.1 Å². The number of imidazole rings is 1. The summed E-state index contributed by atoms with van der Waals surface area (Å²) in [4.78, 5) is 31.3. The largest absolute Gasteiger partial charge is 0.478 e. The Balaban J connectivity index is 1.79. The smallest absolute Gasteiger partial charge is 0.294 e. The number of amides is 1. The molecule has 9 heteroatoms. The maximum Gasteiger partial charge on any atom is 0.294 e. The van der Waals surface area contributed by atoms with Crippen LogP contribution in [0.4, 0.5) is 5.69 Å². The Morgan fingerprint density at radius 3 is 2.89 bits per heavy atom. The van der Waals surface area contributed by atoms with E-state index in [1.165, 1.54) is 35.3 Å². The Morgan fingerprint density at radius 1 is 1.33 bits per heavy atom. The molecule has 3 rings (SSSR count). The molecule has 0 unspecified atom stereocenters. The summed E-state index contributed by atoms with van der Waals surface area (Å²) in [5.74, 6) is 0.0170. The van der Waals surface area contributed by atoms with Crippen LogP contribution in [0.2, 0.25) is 0 Å². The van der Waals surface area contributed by atoms with Gasteiger partial charge in [0, 0.05) is 42.3 Å². The lowest BCUT2D eigenvalue weighted by Gasteiger charge is -2.10. The van der Waals surface area contributed by atoms with Gasteiger partial charge in [0.25, 0.3) is 11.6 Å². The molecule has 27 heavy (non-hydrogen) atoms. The average Bonchev–Trinajstić information content (AvgIpc) is 3.21. The van der Waals surface area contributed by atoms with Gasteiger partial charge in [0.2, 0.25) is 5.88 Å². The Hall–Kier alpha value is -3.75. The third-order valence-electron chi connectivity index (χ3n) is 3.79. The molecule has 0 radical (unpaired) electrons. The molecule has 0 aliphatic heterocycles. The van der Waals surface area contributed by atoms with Crippen LogP contribution in [0.3, 0.4) is 0 Å². The average molecular weight is 367 g/mol. The molecule has 2 aromatic heterocycles. The van der Waals surface area contributed by atoms with Crippen molar-refractivity contribution in [2.45, 2.75) is 13.5 Å². The SMILES string of the molecule is CCOc1ncccc1CNC(=O)c1ccc(-n2ccnc2)c([N+](=O)[O-])c1. The summed E-state index contributed by atoms with van der Waals surface area (Å²) in [6, 6.07) is 7.84. The van der Waals surface area contributed by atoms with Crippen LogP contribution in [0, 0.1) is 10.1 Å². The number of ether oxygens (including phenoxy) is 1. The minimum Gasteiger partial charge on any atom is -0.478 e. The monoisotopic (exact) mass is 367 g/mol. The second kappa shape index (κ2) is 8.09. The molecule has 0 bridgehead atoms. The van der Waals surface area contributed by atoms with Crippen molar-refractivity contribution in [3.05, 3.63) is 76.5 Å². The van der Waals surface area contributed by atoms with Gasteiger partial charge in [0.05, 0.1) is 17.9 Å². The van der Waals surface area contributed by atoms with Crippen molar-refractivity contribution in [3.63, 3.8) is 0 Å². The van der Waals surface area contributed by atoms with Crippen LogP contribution in [0.1, 0.15) is 22.8 Å². The van der Waals surface area contributed by atoms with Crippen molar-refractivity contribution in [2.24, 2.45) is 0 Å². The maximum atomic E-state index is 12.4. The van der Waals surface area contributed by atoms with Crippen LogP contribution in [-0.4, -0.2) is 32.0 Å². The number of nitrogens with zero attached hydrogens (tertiary/aromatic N) is 4. The minimum absolute atomic E-state index is 0.183. The summed E-state index contributed by atoms with van der Waals surface area (Å²) in [6.45, 7) is 2.50. The first-order valence-corrected chi connectivity index (χ1v) is 8.21. The Bertz CT molecular complexity index is 956. The first-order valence-electron chi connectivity index (χ1n) is 8.21. The fourth-order valence-electron chi connectivity index (χ4n) is 2.53. The second-order valence-electron chi connectivity index (χ2n) is 5.51. The fourth-order valence-corrected chi connectivity index (χ4v) is 2.53. The summed E-state index contributed by atoms with van der Waals surface area (Å²) in [5.41, 5.74) is 1.06. The van der Waals surface area contributed by atoms with E-state index in [0.717, 1.165) is 5.56 Å². The van der Waals surface area contributed by atoms with E-state index in [0.29, 0.717) is 18.2 Å². The molecule has 0 aliphatic carbocycles. The predicted molar refractivity (Wildman–Crippen MR) is 96.8 cm³/mol. The quantitative estimate of drug-likeness (QED) is 0.507. The summed E-state index contributed by atoms with van der Waals surface area (Å²) in [5, 5.41) is 14.1. The first kappa shape index (κ1) is 18.1. The highest BCUT2D eigenvalue weighted by molar-refractivity contribution is 5.95. The van der Waals surface area contributed by atoms with E-state index < -0.39 is 10.8 Å². The zero-order valence-corrected chi connectivity index (χ0v) is 14.5. The van der Waals surface area contributed by atoms with Crippen molar-refractivity contribution in [3.8, 4) is 11.6 Å². The van der Waals surface area contributed by atoms with Crippen molar-refractivity contribution < 1.29 is 14.5 Å². The van der Waals surface area contributed by atoms with Crippen LogP contribution in [0.15, 0.2) is 55.2 Å². The van der Waals surface area contributed by atoms with Gasteiger partial charge in [0.15, 0.2) is 0 Å². The van der Waals surface area contributed by atoms with Gasteiger partial charge in [-0.3, -0.25) is 14.9 Å². The van der Waals surface area contributed by atoms with Crippen LogP contribution in [0.5, 0.6) is 5.88 Å². The number of hydrogen-bond acceptors (Lipinski definition) is 6. The molecular formula is C18H17N5O4. The Labute approximate surface area is 154 Å². The topological polar surface area (TPSA) is 112 Å². The first-order chi connectivity index (χ1) is 13.1. The normalized spacial score (nSPS) is 10.4.